The molecular formula is C21H22FN5O3. The fourth-order valence-corrected chi connectivity index (χ4v) is 3.90. The van der Waals surface area contributed by atoms with E-state index in [0.717, 1.165) is 5.56 Å². The van der Waals surface area contributed by atoms with Gasteiger partial charge in [-0.2, -0.15) is 0 Å². The summed E-state index contributed by atoms with van der Waals surface area (Å²) in [5.74, 6) is -1.59. The molecular weight excluding hydrogens is 389 g/mol. The van der Waals surface area contributed by atoms with Crippen LogP contribution in [0.3, 0.4) is 0 Å². The lowest BCUT2D eigenvalue weighted by Crippen LogP contribution is -2.52. The number of aryl methyl sites for hydroxylation is 1. The Kier molecular flexibility index (Phi) is 5.43. The second-order valence-electron chi connectivity index (χ2n) is 7.57. The molecule has 0 aliphatic carbocycles. The molecule has 0 spiro atoms. The molecule has 8 nitrogen and oxygen atoms in total. The average molecular weight is 411 g/mol. The van der Waals surface area contributed by atoms with Crippen LogP contribution in [-0.4, -0.2) is 70.2 Å². The van der Waals surface area contributed by atoms with Gasteiger partial charge in [0.1, 0.15) is 11.5 Å². The molecule has 30 heavy (non-hydrogen) atoms. The summed E-state index contributed by atoms with van der Waals surface area (Å²) in [6, 6.07) is 4.70. The van der Waals surface area contributed by atoms with Crippen molar-refractivity contribution in [2.24, 2.45) is 5.92 Å². The Labute approximate surface area is 173 Å². The first kappa shape index (κ1) is 19.9. The molecule has 156 valence electrons. The third-order valence-electron chi connectivity index (χ3n) is 5.53. The van der Waals surface area contributed by atoms with E-state index >= 15 is 0 Å². The lowest BCUT2D eigenvalue weighted by Gasteiger charge is -2.35. The first-order chi connectivity index (χ1) is 14.4. The van der Waals surface area contributed by atoms with Gasteiger partial charge in [0.25, 0.3) is 5.91 Å². The van der Waals surface area contributed by atoms with E-state index in [2.05, 4.69) is 9.97 Å². The molecule has 0 bridgehead atoms. The average Bonchev–Trinajstić information content (AvgIpc) is 3.15. The van der Waals surface area contributed by atoms with Crippen molar-refractivity contribution >= 4 is 23.4 Å². The molecule has 0 N–H and O–H groups in total. The number of nitrogens with zero attached hydrogens (tertiary/aromatic N) is 5. The van der Waals surface area contributed by atoms with Gasteiger partial charge in [0.2, 0.25) is 11.8 Å². The number of hydrogen-bond donors (Lipinski definition) is 0. The van der Waals surface area contributed by atoms with E-state index in [9.17, 15) is 18.8 Å². The number of halogens is 1. The van der Waals surface area contributed by atoms with Crippen LogP contribution in [0.5, 0.6) is 0 Å². The summed E-state index contributed by atoms with van der Waals surface area (Å²) in [6.07, 6.45) is 4.45. The van der Waals surface area contributed by atoms with E-state index in [1.54, 1.807) is 28.9 Å². The predicted octanol–water partition coefficient (Wildman–Crippen LogP) is 1.26. The maximum Gasteiger partial charge on any atom is 0.274 e. The zero-order chi connectivity index (χ0) is 21.3. The summed E-state index contributed by atoms with van der Waals surface area (Å²) in [7, 11) is 0. The quantitative estimate of drug-likeness (QED) is 0.759. The molecule has 1 aromatic carbocycles. The van der Waals surface area contributed by atoms with Crippen molar-refractivity contribution in [2.75, 3.05) is 37.6 Å². The summed E-state index contributed by atoms with van der Waals surface area (Å²) in [6.45, 7) is 3.48. The highest BCUT2D eigenvalue weighted by Crippen LogP contribution is 2.29. The van der Waals surface area contributed by atoms with Crippen molar-refractivity contribution < 1.29 is 18.8 Å². The van der Waals surface area contributed by atoms with Gasteiger partial charge in [-0.3, -0.25) is 19.4 Å². The van der Waals surface area contributed by atoms with Crippen molar-refractivity contribution in [3.63, 3.8) is 0 Å². The Hall–Kier alpha value is -3.36. The van der Waals surface area contributed by atoms with Crippen molar-refractivity contribution in [3.05, 3.63) is 53.9 Å². The normalized spacial score (nSPS) is 19.3. The van der Waals surface area contributed by atoms with Crippen LogP contribution >= 0.6 is 0 Å². The summed E-state index contributed by atoms with van der Waals surface area (Å²) in [5.41, 5.74) is 1.25. The van der Waals surface area contributed by atoms with Gasteiger partial charge in [0, 0.05) is 51.5 Å². The number of piperazine rings is 1. The zero-order valence-electron chi connectivity index (χ0n) is 16.6. The Morgan fingerprint density at radius 2 is 1.83 bits per heavy atom. The number of amides is 3. The monoisotopic (exact) mass is 411 g/mol. The predicted molar refractivity (Wildman–Crippen MR) is 106 cm³/mol. The minimum absolute atomic E-state index is 0.0604. The van der Waals surface area contributed by atoms with Crippen molar-refractivity contribution in [2.45, 2.75) is 13.3 Å². The van der Waals surface area contributed by atoms with Crippen LogP contribution in [0, 0.1) is 18.7 Å². The van der Waals surface area contributed by atoms with Crippen LogP contribution in [0.1, 0.15) is 22.5 Å². The summed E-state index contributed by atoms with van der Waals surface area (Å²) < 4.78 is 14.3. The molecule has 1 atom stereocenters. The highest BCUT2D eigenvalue weighted by atomic mass is 19.1. The number of carbonyl (C=O) groups excluding carboxylic acids is 3. The van der Waals surface area contributed by atoms with Crippen molar-refractivity contribution in [3.8, 4) is 0 Å². The van der Waals surface area contributed by atoms with Crippen LogP contribution in [0.25, 0.3) is 0 Å². The standard InChI is InChI=1S/C21H22FN5O3/c1-14-2-3-18(16(22)10-14)27-13-15(11-19(27)28)20(29)25-6-8-26(9-7-25)21(30)17-12-23-4-5-24-17/h2-5,10,12,15H,6-9,11,13H2,1H3. The molecule has 2 aliphatic rings. The lowest BCUT2D eigenvalue weighted by atomic mass is 10.1. The van der Waals surface area contributed by atoms with Gasteiger partial charge < -0.3 is 14.7 Å². The maximum absolute atomic E-state index is 14.3. The van der Waals surface area contributed by atoms with Crippen LogP contribution < -0.4 is 4.90 Å². The van der Waals surface area contributed by atoms with E-state index < -0.39 is 11.7 Å². The molecule has 0 radical (unpaired) electrons. The molecule has 2 saturated heterocycles. The molecule has 1 unspecified atom stereocenters. The Bertz CT molecular complexity index is 976. The molecule has 2 aromatic rings. The summed E-state index contributed by atoms with van der Waals surface area (Å²) in [5, 5.41) is 0. The van der Waals surface area contributed by atoms with Gasteiger partial charge in [-0.15, -0.1) is 0 Å². The van der Waals surface area contributed by atoms with Gasteiger partial charge >= 0.3 is 0 Å². The van der Waals surface area contributed by atoms with E-state index in [1.807, 2.05) is 0 Å². The second kappa shape index (κ2) is 8.17. The number of hydrogen-bond acceptors (Lipinski definition) is 5. The number of anilines is 1. The lowest BCUT2D eigenvalue weighted by molar-refractivity contribution is -0.137. The Balaban J connectivity index is 1.37. The summed E-state index contributed by atoms with van der Waals surface area (Å²) in [4.78, 5) is 50.4. The van der Waals surface area contributed by atoms with Crippen molar-refractivity contribution in [1.29, 1.82) is 0 Å². The van der Waals surface area contributed by atoms with Gasteiger partial charge in [-0.1, -0.05) is 6.07 Å². The Morgan fingerprint density at radius 3 is 2.50 bits per heavy atom. The second-order valence-corrected chi connectivity index (χ2v) is 7.57. The minimum Gasteiger partial charge on any atom is -0.339 e. The number of carbonyl (C=O) groups is 3. The maximum atomic E-state index is 14.3. The minimum atomic E-state index is -0.513. The molecule has 4 rings (SSSR count). The van der Waals surface area contributed by atoms with Crippen LogP contribution in [-0.2, 0) is 9.59 Å². The van der Waals surface area contributed by atoms with Crippen molar-refractivity contribution in [1.82, 2.24) is 19.8 Å². The molecule has 1 aromatic heterocycles. The van der Waals surface area contributed by atoms with Crippen LogP contribution in [0.4, 0.5) is 10.1 Å². The Morgan fingerprint density at radius 1 is 1.10 bits per heavy atom. The SMILES string of the molecule is Cc1ccc(N2CC(C(=O)N3CCN(C(=O)c4cnccn4)CC3)CC2=O)c(F)c1. The van der Waals surface area contributed by atoms with E-state index in [0.29, 0.717) is 26.2 Å². The molecule has 3 amide bonds. The number of aromatic nitrogens is 2. The fraction of sp³-hybridized carbons (Fsp3) is 0.381. The molecule has 0 saturated carbocycles. The highest BCUT2D eigenvalue weighted by molar-refractivity contribution is 6.00. The van der Waals surface area contributed by atoms with Gasteiger partial charge in [-0.05, 0) is 24.6 Å². The zero-order valence-corrected chi connectivity index (χ0v) is 16.6. The third kappa shape index (κ3) is 3.87. The van der Waals surface area contributed by atoms with Crippen LogP contribution in [0.15, 0.2) is 36.8 Å². The highest BCUT2D eigenvalue weighted by Gasteiger charge is 2.39. The van der Waals surface area contributed by atoms with E-state index in [1.165, 1.54) is 29.6 Å². The first-order valence-corrected chi connectivity index (χ1v) is 9.84. The molecule has 3 heterocycles. The van der Waals surface area contributed by atoms with Crippen LogP contribution in [0.2, 0.25) is 0 Å². The third-order valence-corrected chi connectivity index (χ3v) is 5.53. The smallest absolute Gasteiger partial charge is 0.274 e. The van der Waals surface area contributed by atoms with E-state index in [4.69, 9.17) is 0 Å². The molecule has 2 aliphatic heterocycles. The topological polar surface area (TPSA) is 86.7 Å². The largest absolute Gasteiger partial charge is 0.339 e. The van der Waals surface area contributed by atoms with Gasteiger partial charge in [-0.25, -0.2) is 9.37 Å². The molecule has 9 heteroatoms. The van der Waals surface area contributed by atoms with Gasteiger partial charge in [0.15, 0.2) is 0 Å². The fourth-order valence-electron chi connectivity index (χ4n) is 3.90. The summed E-state index contributed by atoms with van der Waals surface area (Å²) >= 11 is 0. The van der Waals surface area contributed by atoms with E-state index in [-0.39, 0.29) is 42.1 Å². The van der Waals surface area contributed by atoms with Gasteiger partial charge in [0.05, 0.1) is 17.8 Å². The number of rotatable bonds is 3. The first-order valence-electron chi connectivity index (χ1n) is 9.84. The number of benzene rings is 1. The molecule has 2 fully saturated rings.